The molecule has 9 heavy (non-hydrogen) atoms. The molecule has 1 saturated heterocycles. The standard InChI is InChI=1S/C6H12ClNO/c7-2-6(9)1-5-3-8-4-5/h5-6,8-9H,1-4H2. The second kappa shape index (κ2) is 3.40. The van der Waals surface area contributed by atoms with Crippen LogP contribution < -0.4 is 5.32 Å². The summed E-state index contributed by atoms with van der Waals surface area (Å²) in [7, 11) is 0. The van der Waals surface area contributed by atoms with Crippen molar-refractivity contribution in [1.29, 1.82) is 0 Å². The van der Waals surface area contributed by atoms with Crippen LogP contribution in [-0.4, -0.2) is 30.2 Å². The van der Waals surface area contributed by atoms with Gasteiger partial charge in [0.25, 0.3) is 0 Å². The van der Waals surface area contributed by atoms with Crippen molar-refractivity contribution in [2.45, 2.75) is 12.5 Å². The van der Waals surface area contributed by atoms with Gasteiger partial charge in [0.1, 0.15) is 0 Å². The van der Waals surface area contributed by atoms with Gasteiger partial charge in [-0.15, -0.1) is 11.6 Å². The van der Waals surface area contributed by atoms with Crippen LogP contribution >= 0.6 is 11.6 Å². The predicted molar refractivity (Wildman–Crippen MR) is 37.7 cm³/mol. The lowest BCUT2D eigenvalue weighted by Crippen LogP contribution is -2.43. The van der Waals surface area contributed by atoms with Crippen LogP contribution in [0.2, 0.25) is 0 Å². The van der Waals surface area contributed by atoms with Crippen molar-refractivity contribution in [1.82, 2.24) is 5.32 Å². The minimum Gasteiger partial charge on any atom is -0.392 e. The summed E-state index contributed by atoms with van der Waals surface area (Å²) in [5.41, 5.74) is 0. The molecule has 0 aromatic carbocycles. The molecule has 0 aliphatic carbocycles. The highest BCUT2D eigenvalue weighted by Crippen LogP contribution is 2.11. The number of aliphatic hydroxyl groups is 1. The van der Waals surface area contributed by atoms with Gasteiger partial charge in [-0.05, 0) is 25.4 Å². The highest BCUT2D eigenvalue weighted by Gasteiger charge is 2.19. The highest BCUT2D eigenvalue weighted by atomic mass is 35.5. The van der Waals surface area contributed by atoms with Crippen molar-refractivity contribution in [2.24, 2.45) is 5.92 Å². The van der Waals surface area contributed by atoms with E-state index in [1.165, 1.54) is 0 Å². The fraction of sp³-hybridized carbons (Fsp3) is 1.00. The first kappa shape index (κ1) is 7.32. The van der Waals surface area contributed by atoms with Gasteiger partial charge in [0.15, 0.2) is 0 Å². The highest BCUT2D eigenvalue weighted by molar-refractivity contribution is 6.18. The first-order chi connectivity index (χ1) is 4.33. The molecule has 2 N–H and O–H groups in total. The maximum Gasteiger partial charge on any atom is 0.0679 e. The topological polar surface area (TPSA) is 32.3 Å². The first-order valence-corrected chi connectivity index (χ1v) is 3.81. The molecule has 0 aromatic heterocycles. The van der Waals surface area contributed by atoms with Crippen LogP contribution in [0.1, 0.15) is 6.42 Å². The molecule has 0 saturated carbocycles. The number of hydrogen-bond acceptors (Lipinski definition) is 2. The molecule has 1 aliphatic heterocycles. The van der Waals surface area contributed by atoms with E-state index in [0.29, 0.717) is 11.8 Å². The van der Waals surface area contributed by atoms with Crippen LogP contribution in [0.15, 0.2) is 0 Å². The Morgan fingerprint density at radius 3 is 2.67 bits per heavy atom. The largest absolute Gasteiger partial charge is 0.392 e. The molecule has 1 rings (SSSR count). The summed E-state index contributed by atoms with van der Waals surface area (Å²) < 4.78 is 0. The number of aliphatic hydroxyl groups excluding tert-OH is 1. The summed E-state index contributed by atoms with van der Waals surface area (Å²) >= 11 is 5.41. The maximum absolute atomic E-state index is 9.03. The van der Waals surface area contributed by atoms with E-state index < -0.39 is 0 Å². The van der Waals surface area contributed by atoms with Crippen molar-refractivity contribution in [3.8, 4) is 0 Å². The fourth-order valence-electron chi connectivity index (χ4n) is 0.963. The molecule has 1 atom stereocenters. The van der Waals surface area contributed by atoms with Gasteiger partial charge in [-0.1, -0.05) is 0 Å². The third-order valence-electron chi connectivity index (χ3n) is 1.65. The number of halogens is 1. The monoisotopic (exact) mass is 149 g/mol. The molecule has 1 fully saturated rings. The van der Waals surface area contributed by atoms with Crippen LogP contribution in [0, 0.1) is 5.92 Å². The maximum atomic E-state index is 9.03. The average Bonchev–Trinajstić information content (AvgIpc) is 1.78. The van der Waals surface area contributed by atoms with E-state index in [9.17, 15) is 0 Å². The summed E-state index contributed by atoms with van der Waals surface area (Å²) in [6.45, 7) is 2.10. The zero-order valence-corrected chi connectivity index (χ0v) is 6.06. The molecule has 0 radical (unpaired) electrons. The van der Waals surface area contributed by atoms with Crippen LogP contribution in [0.4, 0.5) is 0 Å². The van der Waals surface area contributed by atoms with Crippen molar-refractivity contribution < 1.29 is 5.11 Å². The van der Waals surface area contributed by atoms with Gasteiger partial charge >= 0.3 is 0 Å². The van der Waals surface area contributed by atoms with Gasteiger partial charge in [-0.2, -0.15) is 0 Å². The second-order valence-corrected chi connectivity index (χ2v) is 2.88. The van der Waals surface area contributed by atoms with Crippen molar-refractivity contribution in [2.75, 3.05) is 19.0 Å². The van der Waals surface area contributed by atoms with E-state index >= 15 is 0 Å². The number of hydrogen-bond donors (Lipinski definition) is 2. The summed E-state index contributed by atoms with van der Waals surface area (Å²) in [6.07, 6.45) is 0.565. The zero-order chi connectivity index (χ0) is 6.69. The molecule has 0 bridgehead atoms. The van der Waals surface area contributed by atoms with Crippen molar-refractivity contribution in [3.63, 3.8) is 0 Å². The number of rotatable bonds is 3. The third-order valence-corrected chi connectivity index (χ3v) is 2.01. The number of alkyl halides is 1. The molecule has 1 heterocycles. The molecule has 0 amide bonds. The Morgan fingerprint density at radius 2 is 2.33 bits per heavy atom. The van der Waals surface area contributed by atoms with Gasteiger partial charge in [0, 0.05) is 5.88 Å². The molecule has 2 nitrogen and oxygen atoms in total. The molecule has 0 spiro atoms. The van der Waals surface area contributed by atoms with Gasteiger partial charge in [0.05, 0.1) is 6.10 Å². The van der Waals surface area contributed by atoms with Crippen LogP contribution in [-0.2, 0) is 0 Å². The van der Waals surface area contributed by atoms with Crippen molar-refractivity contribution in [3.05, 3.63) is 0 Å². The lowest BCUT2D eigenvalue weighted by atomic mass is 9.97. The smallest absolute Gasteiger partial charge is 0.0679 e. The molecular weight excluding hydrogens is 138 g/mol. The van der Waals surface area contributed by atoms with Gasteiger partial charge in [0.2, 0.25) is 0 Å². The van der Waals surface area contributed by atoms with Gasteiger partial charge in [-0.3, -0.25) is 0 Å². The summed E-state index contributed by atoms with van der Waals surface area (Å²) in [5, 5.41) is 12.2. The van der Waals surface area contributed by atoms with Gasteiger partial charge < -0.3 is 10.4 Å². The number of nitrogens with one attached hydrogen (secondary N) is 1. The lowest BCUT2D eigenvalue weighted by Gasteiger charge is -2.28. The SMILES string of the molecule is OC(CCl)CC1CNC1. The minimum atomic E-state index is -0.293. The summed E-state index contributed by atoms with van der Waals surface area (Å²) in [5.74, 6) is 1.04. The predicted octanol–water partition coefficient (Wildman–Crippen LogP) is 0.196. The molecule has 0 aromatic rings. The van der Waals surface area contributed by atoms with Crippen LogP contribution in [0.25, 0.3) is 0 Å². The molecule has 1 aliphatic rings. The second-order valence-electron chi connectivity index (χ2n) is 2.57. The Bertz CT molecular complexity index is 82.4. The molecule has 54 valence electrons. The van der Waals surface area contributed by atoms with E-state index in [1.807, 2.05) is 0 Å². The van der Waals surface area contributed by atoms with E-state index in [0.717, 1.165) is 19.5 Å². The fourth-order valence-corrected chi connectivity index (χ4v) is 1.09. The Morgan fingerprint density at radius 1 is 1.67 bits per heavy atom. The summed E-state index contributed by atoms with van der Waals surface area (Å²) in [4.78, 5) is 0. The molecule has 3 heteroatoms. The Labute approximate surface area is 60.2 Å². The molecule has 1 unspecified atom stereocenters. The third kappa shape index (κ3) is 2.12. The van der Waals surface area contributed by atoms with E-state index in [1.54, 1.807) is 0 Å². The van der Waals surface area contributed by atoms with E-state index in [4.69, 9.17) is 16.7 Å². The first-order valence-electron chi connectivity index (χ1n) is 3.27. The lowest BCUT2D eigenvalue weighted by molar-refractivity contribution is 0.144. The zero-order valence-electron chi connectivity index (χ0n) is 5.31. The van der Waals surface area contributed by atoms with Crippen LogP contribution in [0.3, 0.4) is 0 Å². The quantitative estimate of drug-likeness (QED) is 0.562. The Kier molecular flexibility index (Phi) is 2.76. The minimum absolute atomic E-state index is 0.293. The summed E-state index contributed by atoms with van der Waals surface area (Å²) in [6, 6.07) is 0. The van der Waals surface area contributed by atoms with E-state index in [-0.39, 0.29) is 6.10 Å². The van der Waals surface area contributed by atoms with E-state index in [2.05, 4.69) is 5.32 Å². The molecular formula is C6H12ClNO. The van der Waals surface area contributed by atoms with Gasteiger partial charge in [-0.25, -0.2) is 0 Å². The Hall–Kier alpha value is 0.210. The normalized spacial score (nSPS) is 23.3. The van der Waals surface area contributed by atoms with Crippen molar-refractivity contribution >= 4 is 11.6 Å². The average molecular weight is 150 g/mol. The van der Waals surface area contributed by atoms with Crippen LogP contribution in [0.5, 0.6) is 0 Å². The Balaban J connectivity index is 2.01.